The predicted octanol–water partition coefficient (Wildman–Crippen LogP) is 0.869. The smallest absolute Gasteiger partial charge is 0.356 e. The molecule has 2 rings (SSSR count). The molecule has 0 aliphatic carbocycles. The third-order valence-electron chi connectivity index (χ3n) is 3.02. The van der Waals surface area contributed by atoms with Crippen LogP contribution in [0.3, 0.4) is 0 Å². The van der Waals surface area contributed by atoms with Crippen molar-refractivity contribution in [2.24, 2.45) is 12.2 Å². The van der Waals surface area contributed by atoms with Crippen molar-refractivity contribution in [1.29, 1.82) is 0 Å². The van der Waals surface area contributed by atoms with E-state index < -0.39 is 5.97 Å². The summed E-state index contributed by atoms with van der Waals surface area (Å²) in [4.78, 5) is 28.0. The van der Waals surface area contributed by atoms with Crippen LogP contribution in [-0.2, 0) is 23.0 Å². The summed E-state index contributed by atoms with van der Waals surface area (Å²) in [6, 6.07) is 7.15. The van der Waals surface area contributed by atoms with Gasteiger partial charge in [-0.15, -0.1) is 0 Å². The normalized spacial score (nSPS) is 11.6. The lowest BCUT2D eigenvalue weighted by Gasteiger charge is -2.08. The Balaban J connectivity index is 2.45. The molecule has 0 aliphatic heterocycles. The standard InChI is InChI=1S/C14H15N3O4/c1-3-21-14(19)11(16-20)8-10-13(18)17(2)12-7-5-4-6-9(12)15-10/h4-7,20H,3,8H2,1-2H3/b16-11+. The van der Waals surface area contributed by atoms with Gasteiger partial charge in [0.25, 0.3) is 5.56 Å². The molecule has 0 fully saturated rings. The van der Waals surface area contributed by atoms with E-state index >= 15 is 0 Å². The SMILES string of the molecule is CCOC(=O)/C(Cc1nc2ccccc2n(C)c1=O)=N/O. The molecule has 1 aromatic heterocycles. The number of esters is 1. The number of carbonyl (C=O) groups is 1. The molecule has 7 nitrogen and oxygen atoms in total. The van der Waals surface area contributed by atoms with Gasteiger partial charge in [0.15, 0.2) is 5.71 Å². The maximum atomic E-state index is 12.2. The van der Waals surface area contributed by atoms with Crippen LogP contribution in [0.5, 0.6) is 0 Å². The summed E-state index contributed by atoms with van der Waals surface area (Å²) in [6.07, 6.45) is -0.188. The summed E-state index contributed by atoms with van der Waals surface area (Å²) >= 11 is 0. The Morgan fingerprint density at radius 3 is 2.81 bits per heavy atom. The first-order valence-corrected chi connectivity index (χ1v) is 6.41. The zero-order valence-electron chi connectivity index (χ0n) is 11.7. The first-order valence-electron chi connectivity index (χ1n) is 6.41. The molecule has 0 saturated heterocycles. The first-order chi connectivity index (χ1) is 10.1. The second kappa shape index (κ2) is 6.17. The van der Waals surface area contributed by atoms with Gasteiger partial charge in [0.05, 0.1) is 17.6 Å². The van der Waals surface area contributed by atoms with Crippen molar-refractivity contribution in [3.8, 4) is 0 Å². The van der Waals surface area contributed by atoms with Crippen molar-refractivity contribution < 1.29 is 14.7 Å². The molecule has 1 heterocycles. The zero-order chi connectivity index (χ0) is 15.4. The van der Waals surface area contributed by atoms with Crippen LogP contribution in [-0.4, -0.2) is 33.0 Å². The summed E-state index contributed by atoms with van der Waals surface area (Å²) in [5.41, 5.74) is 0.827. The second-order valence-corrected chi connectivity index (χ2v) is 4.36. The molecule has 0 unspecified atom stereocenters. The van der Waals surface area contributed by atoms with Crippen molar-refractivity contribution in [3.63, 3.8) is 0 Å². The van der Waals surface area contributed by atoms with Crippen LogP contribution in [0.25, 0.3) is 11.0 Å². The van der Waals surface area contributed by atoms with Gasteiger partial charge in [-0.1, -0.05) is 17.3 Å². The zero-order valence-corrected chi connectivity index (χ0v) is 11.7. The molecule has 21 heavy (non-hydrogen) atoms. The minimum absolute atomic E-state index is 0.122. The number of hydrogen-bond acceptors (Lipinski definition) is 6. The number of aromatic nitrogens is 2. The summed E-state index contributed by atoms with van der Waals surface area (Å²) in [5, 5.41) is 11.8. The van der Waals surface area contributed by atoms with E-state index in [1.165, 1.54) is 4.57 Å². The molecule has 1 N–H and O–H groups in total. The number of oxime groups is 1. The van der Waals surface area contributed by atoms with E-state index in [0.29, 0.717) is 11.0 Å². The van der Waals surface area contributed by atoms with Crippen molar-refractivity contribution in [2.45, 2.75) is 13.3 Å². The Hall–Kier alpha value is -2.70. The lowest BCUT2D eigenvalue weighted by molar-refractivity contribution is -0.135. The van der Waals surface area contributed by atoms with Gasteiger partial charge in [0, 0.05) is 13.5 Å². The van der Waals surface area contributed by atoms with E-state index in [0.717, 1.165) is 0 Å². The fourth-order valence-electron chi connectivity index (χ4n) is 1.98. The van der Waals surface area contributed by atoms with E-state index in [1.54, 1.807) is 32.2 Å². The monoisotopic (exact) mass is 289 g/mol. The van der Waals surface area contributed by atoms with Crippen LogP contribution < -0.4 is 5.56 Å². The summed E-state index contributed by atoms with van der Waals surface area (Å²) < 4.78 is 6.20. The molecule has 0 aliphatic rings. The quantitative estimate of drug-likeness (QED) is 0.390. The third kappa shape index (κ3) is 2.91. The van der Waals surface area contributed by atoms with Gasteiger partial charge in [-0.2, -0.15) is 0 Å². The van der Waals surface area contributed by atoms with E-state index in [-0.39, 0.29) is 30.0 Å². The molecule has 0 radical (unpaired) electrons. The number of fused-ring (bicyclic) bond motifs is 1. The lowest BCUT2D eigenvalue weighted by Crippen LogP contribution is -2.28. The minimum atomic E-state index is -0.767. The highest BCUT2D eigenvalue weighted by molar-refractivity contribution is 6.36. The van der Waals surface area contributed by atoms with Crippen LogP contribution in [0.15, 0.2) is 34.2 Å². The average molecular weight is 289 g/mol. The number of rotatable bonds is 4. The van der Waals surface area contributed by atoms with Gasteiger partial charge in [-0.25, -0.2) is 9.78 Å². The molecule has 0 atom stereocenters. The third-order valence-corrected chi connectivity index (χ3v) is 3.02. The average Bonchev–Trinajstić information content (AvgIpc) is 2.49. The van der Waals surface area contributed by atoms with E-state index in [1.807, 2.05) is 6.07 Å². The Bertz CT molecular complexity index is 764. The Labute approximate surface area is 120 Å². The van der Waals surface area contributed by atoms with Crippen LogP contribution in [0.2, 0.25) is 0 Å². The fraction of sp³-hybridized carbons (Fsp3) is 0.286. The molecule has 0 amide bonds. The topological polar surface area (TPSA) is 93.8 Å². The van der Waals surface area contributed by atoms with E-state index in [9.17, 15) is 9.59 Å². The maximum absolute atomic E-state index is 12.2. The molecule has 0 bridgehead atoms. The van der Waals surface area contributed by atoms with Crippen molar-refractivity contribution in [1.82, 2.24) is 9.55 Å². The molecule has 1 aromatic carbocycles. The number of aryl methyl sites for hydroxylation is 1. The molecule has 0 saturated carbocycles. The highest BCUT2D eigenvalue weighted by Crippen LogP contribution is 2.09. The van der Waals surface area contributed by atoms with Crippen molar-refractivity contribution in [3.05, 3.63) is 40.3 Å². The van der Waals surface area contributed by atoms with E-state index in [2.05, 4.69) is 10.1 Å². The number of hydrogen-bond donors (Lipinski definition) is 1. The summed E-state index contributed by atoms with van der Waals surface area (Å²) in [7, 11) is 1.62. The first kappa shape index (κ1) is 14.7. The molecule has 110 valence electrons. The van der Waals surface area contributed by atoms with Crippen molar-refractivity contribution >= 4 is 22.7 Å². The Morgan fingerprint density at radius 1 is 1.43 bits per heavy atom. The van der Waals surface area contributed by atoms with Crippen LogP contribution in [0.4, 0.5) is 0 Å². The second-order valence-electron chi connectivity index (χ2n) is 4.36. The molecule has 2 aromatic rings. The lowest BCUT2D eigenvalue weighted by atomic mass is 10.2. The van der Waals surface area contributed by atoms with Gasteiger partial charge in [-0.05, 0) is 19.1 Å². The van der Waals surface area contributed by atoms with Crippen molar-refractivity contribution in [2.75, 3.05) is 6.61 Å². The molecular weight excluding hydrogens is 274 g/mol. The predicted molar refractivity (Wildman–Crippen MR) is 76.5 cm³/mol. The highest BCUT2D eigenvalue weighted by atomic mass is 16.5. The Kier molecular flexibility index (Phi) is 4.32. The van der Waals surface area contributed by atoms with E-state index in [4.69, 9.17) is 9.94 Å². The van der Waals surface area contributed by atoms with Crippen LogP contribution in [0.1, 0.15) is 12.6 Å². The van der Waals surface area contributed by atoms with Gasteiger partial charge in [0.2, 0.25) is 0 Å². The summed E-state index contributed by atoms with van der Waals surface area (Å²) in [6.45, 7) is 1.79. The van der Waals surface area contributed by atoms with Gasteiger partial charge < -0.3 is 14.5 Å². The largest absolute Gasteiger partial charge is 0.461 e. The number of carbonyl (C=O) groups excluding carboxylic acids is 1. The van der Waals surface area contributed by atoms with Gasteiger partial charge >= 0.3 is 5.97 Å². The van der Waals surface area contributed by atoms with Crippen LogP contribution in [0, 0.1) is 0 Å². The molecule has 7 heteroatoms. The maximum Gasteiger partial charge on any atom is 0.356 e. The highest BCUT2D eigenvalue weighted by Gasteiger charge is 2.18. The number of para-hydroxylation sites is 2. The Morgan fingerprint density at radius 2 is 2.14 bits per heavy atom. The summed E-state index contributed by atoms with van der Waals surface area (Å²) in [5.74, 6) is -0.767. The van der Waals surface area contributed by atoms with Gasteiger partial charge in [-0.3, -0.25) is 4.79 Å². The number of benzene rings is 1. The fourth-order valence-corrected chi connectivity index (χ4v) is 1.98. The minimum Gasteiger partial charge on any atom is -0.461 e. The molecular formula is C14H15N3O4. The van der Waals surface area contributed by atoms with Crippen LogP contribution >= 0.6 is 0 Å². The number of ether oxygens (including phenoxy) is 1. The van der Waals surface area contributed by atoms with Gasteiger partial charge in [0.1, 0.15) is 5.69 Å². The number of nitrogens with zero attached hydrogens (tertiary/aromatic N) is 3. The molecule has 0 spiro atoms.